The number of piperazine rings is 3. The third-order valence-electron chi connectivity index (χ3n) is 24.8. The van der Waals surface area contributed by atoms with Gasteiger partial charge in [0, 0.05) is 147 Å². The number of halogens is 6. The van der Waals surface area contributed by atoms with Crippen molar-refractivity contribution in [2.24, 2.45) is 0 Å². The van der Waals surface area contributed by atoms with Gasteiger partial charge in [0.1, 0.15) is 68.6 Å². The molecule has 21 rings (SSSR count). The van der Waals surface area contributed by atoms with Gasteiger partial charge in [-0.3, -0.25) is 29.4 Å². The molecule has 9 aliphatic rings. The smallest absolute Gasteiger partial charge is 0.229 e. The highest BCUT2D eigenvalue weighted by molar-refractivity contribution is 5.85. The average molecular weight is 1600 g/mol. The number of hydrogen-bond donors (Lipinski definition) is 3. The van der Waals surface area contributed by atoms with Gasteiger partial charge in [-0.25, -0.2) is 86.2 Å². The molecule has 30 heteroatoms. The minimum absolute atomic E-state index is 0.0116. The number of nitrogens with zero attached hydrogens (tertiary/aromatic N) is 21. The van der Waals surface area contributed by atoms with Gasteiger partial charge in [-0.05, 0) is 193 Å². The maximum Gasteiger partial charge on any atom is 0.229 e. The van der Waals surface area contributed by atoms with Crippen LogP contribution < -0.4 is 16.0 Å². The second-order valence-electron chi connectivity index (χ2n) is 32.8. The molecular formula is C87H102F6N24. The summed E-state index contributed by atoms with van der Waals surface area (Å²) in [6, 6.07) is 25.9. The lowest BCUT2D eigenvalue weighted by Gasteiger charge is -2.57. The number of aromatic nitrogens is 15. The molecule has 3 N–H and O–H groups in total. The lowest BCUT2D eigenvalue weighted by molar-refractivity contribution is -0.0772. The van der Waals surface area contributed by atoms with Gasteiger partial charge >= 0.3 is 0 Å². The first-order valence-electron chi connectivity index (χ1n) is 41.0. The highest BCUT2D eigenvalue weighted by atomic mass is 19.1. The molecule has 9 aliphatic heterocycles. The van der Waals surface area contributed by atoms with Crippen molar-refractivity contribution in [3.63, 3.8) is 0 Å². The number of nitrogens with one attached hydrogen (secondary N) is 3. The van der Waals surface area contributed by atoms with E-state index in [1.807, 2.05) is 113 Å². The zero-order chi connectivity index (χ0) is 82.3. The first-order chi connectivity index (χ1) is 56.2. The summed E-state index contributed by atoms with van der Waals surface area (Å²) in [5.74, 6) is 0.860. The lowest BCUT2D eigenvalue weighted by Crippen LogP contribution is -2.68. The van der Waals surface area contributed by atoms with Crippen LogP contribution in [0.2, 0.25) is 0 Å². The molecule has 117 heavy (non-hydrogen) atoms. The van der Waals surface area contributed by atoms with Crippen molar-refractivity contribution in [1.29, 1.82) is 0 Å². The van der Waals surface area contributed by atoms with E-state index < -0.39 is 34.9 Å². The van der Waals surface area contributed by atoms with Crippen LogP contribution in [0.5, 0.6) is 0 Å². The molecule has 0 radical (unpaired) electrons. The number of rotatable bonds is 21. The number of anilines is 6. The molecule has 0 amide bonds. The molecule has 0 aliphatic carbocycles. The maximum absolute atomic E-state index is 15.0. The second kappa shape index (κ2) is 32.8. The number of imidazole rings is 3. The largest absolute Gasteiger partial charge is 0.326 e. The Labute approximate surface area is 677 Å². The topological polar surface area (TPSA) is 225 Å². The van der Waals surface area contributed by atoms with Crippen molar-refractivity contribution >= 4 is 68.4 Å². The van der Waals surface area contributed by atoms with Gasteiger partial charge in [0.2, 0.25) is 17.8 Å². The van der Waals surface area contributed by atoms with E-state index in [0.717, 1.165) is 94.2 Å². The van der Waals surface area contributed by atoms with Gasteiger partial charge in [-0.2, -0.15) is 0 Å². The molecule has 24 nitrogen and oxygen atoms in total. The number of hydrogen-bond acceptors (Lipinski definition) is 21. The van der Waals surface area contributed by atoms with Crippen molar-refractivity contribution in [2.75, 3.05) is 74.9 Å². The Bertz CT molecular complexity index is 5060. The van der Waals surface area contributed by atoms with E-state index in [9.17, 15) is 26.3 Å². The van der Waals surface area contributed by atoms with Gasteiger partial charge in [-0.1, -0.05) is 39.0 Å². The van der Waals surface area contributed by atoms with E-state index in [1.54, 1.807) is 18.2 Å². The normalized spacial score (nSPS) is 20.4. The Kier molecular flexibility index (Phi) is 22.5. The fraction of sp³-hybridized carbons (Fsp3) is 0.448. The molecule has 0 spiro atoms. The van der Waals surface area contributed by atoms with Gasteiger partial charge in [0.15, 0.2) is 34.9 Å². The van der Waals surface area contributed by atoms with Crippen molar-refractivity contribution < 1.29 is 26.3 Å². The number of pyridine rings is 3. The molecule has 3 aromatic carbocycles. The van der Waals surface area contributed by atoms with E-state index in [4.69, 9.17) is 0 Å². The Morgan fingerprint density at radius 1 is 0.333 bits per heavy atom. The number of piperidine rings is 3. The van der Waals surface area contributed by atoms with Crippen LogP contribution in [0.25, 0.3) is 66.9 Å². The molecule has 7 unspecified atom stereocenters. The standard InChI is InChI=1S/3C29H34F2N8/c3*1-6-38-21-11-22(38)15-37(14-21)17(4)19-7-8-26(32-12-19)35-29-33-13-24(31)27(36-29)20-9-23(30)28-25(10-20)39(16(2)3)18(5)34-28/h3*7-10,12-13,16-17,21-22H,6,11,14-15H2,1-5H3,(H,32,33,35,36)/t2*17-,21?,22?;/m10./s1. The molecule has 9 atom stereocenters. The van der Waals surface area contributed by atoms with E-state index >= 15 is 0 Å². The summed E-state index contributed by atoms with van der Waals surface area (Å²) < 4.78 is 95.4. The Morgan fingerprint density at radius 3 is 0.812 bits per heavy atom. The zero-order valence-electron chi connectivity index (χ0n) is 69.0. The monoisotopic (exact) mass is 1600 g/mol. The number of aryl methyl sites for hydroxylation is 3. The van der Waals surface area contributed by atoms with Crippen LogP contribution >= 0.6 is 0 Å². The van der Waals surface area contributed by atoms with Crippen molar-refractivity contribution in [1.82, 2.24) is 103 Å². The highest BCUT2D eigenvalue weighted by Gasteiger charge is 2.47. The fourth-order valence-electron chi connectivity index (χ4n) is 18.9. The van der Waals surface area contributed by atoms with Crippen LogP contribution in [-0.4, -0.2) is 198 Å². The van der Waals surface area contributed by atoms with Crippen LogP contribution in [0.4, 0.5) is 61.6 Å². The van der Waals surface area contributed by atoms with Gasteiger partial charge in [0.25, 0.3) is 0 Å². The van der Waals surface area contributed by atoms with Crippen LogP contribution in [0.3, 0.4) is 0 Å². The molecule has 6 bridgehead atoms. The minimum Gasteiger partial charge on any atom is -0.326 e. The van der Waals surface area contributed by atoms with E-state index in [1.165, 1.54) is 37.5 Å². The van der Waals surface area contributed by atoms with Crippen molar-refractivity contribution in [2.45, 2.75) is 196 Å². The molecule has 0 saturated carbocycles. The van der Waals surface area contributed by atoms with Crippen LogP contribution in [0.1, 0.15) is 173 Å². The third kappa shape index (κ3) is 15.7. The van der Waals surface area contributed by atoms with Crippen LogP contribution in [0, 0.1) is 55.7 Å². The summed E-state index contributed by atoms with van der Waals surface area (Å²) >= 11 is 0. The first-order valence-corrected chi connectivity index (χ1v) is 41.0. The fourth-order valence-corrected chi connectivity index (χ4v) is 18.9. The van der Waals surface area contributed by atoms with E-state index in [-0.39, 0.29) is 87.7 Å². The molecule has 9 fully saturated rings. The molecule has 12 aromatic rings. The van der Waals surface area contributed by atoms with Gasteiger partial charge < -0.3 is 29.7 Å². The van der Waals surface area contributed by atoms with Crippen molar-refractivity contribution in [3.05, 3.63) is 179 Å². The molecule has 9 saturated heterocycles. The van der Waals surface area contributed by atoms with Gasteiger partial charge in [-0.15, -0.1) is 0 Å². The number of fused-ring (bicyclic) bond motifs is 9. The average Bonchev–Trinajstić information content (AvgIpc) is 1.50. The predicted molar refractivity (Wildman–Crippen MR) is 444 cm³/mol. The summed E-state index contributed by atoms with van der Waals surface area (Å²) in [5.41, 5.74) is 7.03. The van der Waals surface area contributed by atoms with Crippen molar-refractivity contribution in [3.8, 4) is 33.8 Å². The van der Waals surface area contributed by atoms with E-state index in [2.05, 4.69) is 165 Å². The number of likely N-dealkylation sites (N-methyl/N-ethyl adjacent to an activating group) is 3. The second-order valence-corrected chi connectivity index (χ2v) is 32.8. The quantitative estimate of drug-likeness (QED) is 0.0569. The number of benzene rings is 3. The van der Waals surface area contributed by atoms with Gasteiger partial charge in [0.05, 0.1) is 35.1 Å². The third-order valence-corrected chi connectivity index (χ3v) is 24.8. The zero-order valence-corrected chi connectivity index (χ0v) is 69.0. The highest BCUT2D eigenvalue weighted by Crippen LogP contribution is 2.41. The maximum atomic E-state index is 15.0. The Hall–Kier alpha value is -10.5. The first kappa shape index (κ1) is 80.3. The molecule has 612 valence electrons. The molecular weight excluding hydrogens is 1500 g/mol. The lowest BCUT2D eigenvalue weighted by atomic mass is 9.86. The Balaban J connectivity index is 0.000000131. The summed E-state index contributed by atoms with van der Waals surface area (Å²) in [5, 5.41) is 9.21. The minimum atomic E-state index is -0.634. The summed E-state index contributed by atoms with van der Waals surface area (Å²) in [6.07, 6.45) is 12.8. The molecule has 9 aromatic heterocycles. The van der Waals surface area contributed by atoms with Crippen LogP contribution in [-0.2, 0) is 0 Å². The SMILES string of the molecule is CCN1C2CC1CN(C(C)c1ccc(Nc3ncc(F)c(-c4cc(F)c5nc(C)n(C(C)C)c5c4)n3)nc1)C2.CCN1C2CC1CN([C@@H](C)c1ccc(Nc3ncc(F)c(-c4cc(F)c5nc(C)n(C(C)C)c5c4)n3)nc1)C2.CCN1C2CC1CN([C@H](C)c1ccc(Nc3ncc(F)c(-c4cc(F)c5nc(C)n(C(C)C)c5c4)n3)nc1)C2. The predicted octanol–water partition coefficient (Wildman–Crippen LogP) is 16.9. The summed E-state index contributed by atoms with van der Waals surface area (Å²) in [4.78, 5) is 67.6. The Morgan fingerprint density at radius 2 is 0.590 bits per heavy atom. The molecule has 18 heterocycles. The summed E-state index contributed by atoms with van der Waals surface area (Å²) in [7, 11) is 0. The van der Waals surface area contributed by atoms with E-state index in [0.29, 0.717) is 104 Å². The summed E-state index contributed by atoms with van der Waals surface area (Å²) in [6.45, 7) is 40.8. The van der Waals surface area contributed by atoms with Crippen LogP contribution in [0.15, 0.2) is 110 Å².